The third kappa shape index (κ3) is 3.26. The van der Waals surface area contributed by atoms with Crippen LogP contribution in [0.25, 0.3) is 16.9 Å². The van der Waals surface area contributed by atoms with Crippen LogP contribution in [0.4, 0.5) is 5.69 Å². The molecule has 2 aromatic heterocycles. The first-order valence-electron chi connectivity index (χ1n) is 7.70. The van der Waals surface area contributed by atoms with Gasteiger partial charge in [0.25, 0.3) is 0 Å². The highest BCUT2D eigenvalue weighted by atomic mass is 16.2. The Labute approximate surface area is 136 Å². The Bertz CT molecular complexity index is 854. The fourth-order valence-corrected chi connectivity index (χ4v) is 2.29. The number of pyridine rings is 1. The van der Waals surface area contributed by atoms with Gasteiger partial charge in [0.15, 0.2) is 0 Å². The van der Waals surface area contributed by atoms with Crippen molar-refractivity contribution in [2.45, 2.75) is 27.7 Å². The minimum atomic E-state index is -0.405. The molecule has 4 nitrogen and oxygen atoms in total. The van der Waals surface area contributed by atoms with Crippen molar-refractivity contribution >= 4 is 17.2 Å². The van der Waals surface area contributed by atoms with E-state index in [-0.39, 0.29) is 5.91 Å². The number of aromatic nitrogens is 2. The first-order chi connectivity index (χ1) is 10.8. The topological polar surface area (TPSA) is 46.4 Å². The highest BCUT2D eigenvalue weighted by Gasteiger charge is 2.21. The molecule has 0 atom stereocenters. The molecule has 4 heteroatoms. The number of aryl methyl sites for hydroxylation is 1. The molecule has 1 N–H and O–H groups in total. The molecule has 1 aromatic carbocycles. The van der Waals surface area contributed by atoms with Gasteiger partial charge in [0.2, 0.25) is 5.91 Å². The van der Waals surface area contributed by atoms with Crippen LogP contribution in [0, 0.1) is 12.3 Å². The Morgan fingerprint density at radius 1 is 1.04 bits per heavy atom. The number of imidazole rings is 1. The molecule has 0 saturated carbocycles. The van der Waals surface area contributed by atoms with Gasteiger partial charge in [-0.1, -0.05) is 39.0 Å². The molecule has 2 heterocycles. The average Bonchev–Trinajstić information content (AvgIpc) is 2.90. The zero-order chi connectivity index (χ0) is 16.6. The lowest BCUT2D eigenvalue weighted by molar-refractivity contribution is -0.123. The van der Waals surface area contributed by atoms with Crippen molar-refractivity contribution in [3.8, 4) is 11.3 Å². The number of fused-ring (bicyclic) bond motifs is 1. The third-order valence-electron chi connectivity index (χ3n) is 3.72. The summed E-state index contributed by atoms with van der Waals surface area (Å²) in [5.41, 5.74) is 4.47. The van der Waals surface area contributed by atoms with E-state index in [0.717, 1.165) is 22.6 Å². The number of nitrogens with one attached hydrogen (secondary N) is 1. The standard InChI is InChI=1S/C19H21N3O/c1-13-5-10-17-21-16(12-22(17)11-13)14-6-8-15(9-7-14)20-18(23)19(2,3)4/h5-12H,1-4H3,(H,20,23). The van der Waals surface area contributed by atoms with Crippen molar-refractivity contribution in [1.82, 2.24) is 9.38 Å². The summed E-state index contributed by atoms with van der Waals surface area (Å²) in [5, 5.41) is 2.93. The van der Waals surface area contributed by atoms with E-state index in [9.17, 15) is 4.79 Å². The van der Waals surface area contributed by atoms with Crippen LogP contribution in [-0.4, -0.2) is 15.3 Å². The molecule has 0 unspecified atom stereocenters. The fourth-order valence-electron chi connectivity index (χ4n) is 2.29. The Morgan fingerprint density at radius 2 is 1.74 bits per heavy atom. The summed E-state index contributed by atoms with van der Waals surface area (Å²) < 4.78 is 2.03. The van der Waals surface area contributed by atoms with Gasteiger partial charge in [-0.05, 0) is 30.7 Å². The number of carbonyl (C=O) groups excluding carboxylic acids is 1. The molecule has 1 amide bonds. The summed E-state index contributed by atoms with van der Waals surface area (Å²) in [5.74, 6) is 0.00783. The quantitative estimate of drug-likeness (QED) is 0.767. The number of rotatable bonds is 2. The molecule has 118 valence electrons. The van der Waals surface area contributed by atoms with Crippen molar-refractivity contribution in [3.63, 3.8) is 0 Å². The van der Waals surface area contributed by atoms with Crippen LogP contribution in [0.3, 0.4) is 0 Å². The highest BCUT2D eigenvalue weighted by Crippen LogP contribution is 2.23. The number of anilines is 1. The SMILES string of the molecule is Cc1ccc2nc(-c3ccc(NC(=O)C(C)(C)C)cc3)cn2c1. The Balaban J connectivity index is 1.85. The first kappa shape index (κ1) is 15.3. The van der Waals surface area contributed by atoms with Gasteiger partial charge in [0.05, 0.1) is 5.69 Å². The lowest BCUT2D eigenvalue weighted by atomic mass is 9.95. The average molecular weight is 307 g/mol. The van der Waals surface area contributed by atoms with Crippen LogP contribution in [0.15, 0.2) is 48.8 Å². The molecule has 0 fully saturated rings. The smallest absolute Gasteiger partial charge is 0.229 e. The zero-order valence-electron chi connectivity index (χ0n) is 13.9. The summed E-state index contributed by atoms with van der Waals surface area (Å²) in [6.07, 6.45) is 4.08. The van der Waals surface area contributed by atoms with Crippen LogP contribution in [-0.2, 0) is 4.79 Å². The van der Waals surface area contributed by atoms with Crippen LogP contribution >= 0.6 is 0 Å². The molecule has 0 aliphatic rings. The third-order valence-corrected chi connectivity index (χ3v) is 3.72. The van der Waals surface area contributed by atoms with Gasteiger partial charge in [-0.2, -0.15) is 0 Å². The number of hydrogen-bond acceptors (Lipinski definition) is 2. The molecule has 3 aromatic rings. The Kier molecular flexibility index (Phi) is 3.68. The molecular weight excluding hydrogens is 286 g/mol. The van der Waals surface area contributed by atoms with Gasteiger partial charge in [-0.15, -0.1) is 0 Å². The molecule has 0 bridgehead atoms. The summed E-state index contributed by atoms with van der Waals surface area (Å²) in [6, 6.07) is 11.8. The summed E-state index contributed by atoms with van der Waals surface area (Å²) in [7, 11) is 0. The lowest BCUT2D eigenvalue weighted by Crippen LogP contribution is -2.27. The van der Waals surface area contributed by atoms with E-state index in [1.54, 1.807) is 0 Å². The van der Waals surface area contributed by atoms with E-state index < -0.39 is 5.41 Å². The minimum Gasteiger partial charge on any atom is -0.326 e. The van der Waals surface area contributed by atoms with E-state index in [4.69, 9.17) is 0 Å². The summed E-state index contributed by atoms with van der Waals surface area (Å²) in [4.78, 5) is 16.6. The van der Waals surface area contributed by atoms with Gasteiger partial charge in [0, 0.05) is 29.1 Å². The van der Waals surface area contributed by atoms with E-state index >= 15 is 0 Å². The molecule has 23 heavy (non-hydrogen) atoms. The molecule has 0 radical (unpaired) electrons. The largest absolute Gasteiger partial charge is 0.326 e. The van der Waals surface area contributed by atoms with Gasteiger partial charge < -0.3 is 9.72 Å². The number of benzene rings is 1. The predicted molar refractivity (Wildman–Crippen MR) is 93.4 cm³/mol. The second-order valence-electron chi connectivity index (χ2n) is 6.88. The number of hydrogen-bond donors (Lipinski definition) is 1. The first-order valence-corrected chi connectivity index (χ1v) is 7.70. The molecule has 0 saturated heterocycles. The lowest BCUT2D eigenvalue weighted by Gasteiger charge is -2.17. The van der Waals surface area contributed by atoms with Crippen LogP contribution in [0.1, 0.15) is 26.3 Å². The van der Waals surface area contributed by atoms with Crippen molar-refractivity contribution in [1.29, 1.82) is 0 Å². The predicted octanol–water partition coefficient (Wildman–Crippen LogP) is 4.29. The molecule has 0 aliphatic carbocycles. The van der Waals surface area contributed by atoms with Crippen molar-refractivity contribution < 1.29 is 4.79 Å². The molecule has 0 aliphatic heterocycles. The van der Waals surface area contributed by atoms with Crippen LogP contribution < -0.4 is 5.32 Å². The van der Waals surface area contributed by atoms with Gasteiger partial charge >= 0.3 is 0 Å². The zero-order valence-corrected chi connectivity index (χ0v) is 13.9. The normalized spacial score (nSPS) is 11.7. The Hall–Kier alpha value is -2.62. The van der Waals surface area contributed by atoms with E-state index in [0.29, 0.717) is 0 Å². The van der Waals surface area contributed by atoms with Crippen molar-refractivity contribution in [2.24, 2.45) is 5.41 Å². The maximum Gasteiger partial charge on any atom is 0.229 e. The molecule has 3 rings (SSSR count). The number of carbonyl (C=O) groups is 1. The monoisotopic (exact) mass is 307 g/mol. The Morgan fingerprint density at radius 3 is 2.39 bits per heavy atom. The highest BCUT2D eigenvalue weighted by molar-refractivity contribution is 5.94. The fraction of sp³-hybridized carbons (Fsp3) is 0.263. The van der Waals surface area contributed by atoms with Gasteiger partial charge in [-0.25, -0.2) is 4.98 Å². The number of nitrogens with zero attached hydrogens (tertiary/aromatic N) is 2. The van der Waals surface area contributed by atoms with E-state index in [1.807, 2.05) is 61.7 Å². The van der Waals surface area contributed by atoms with E-state index in [1.165, 1.54) is 5.56 Å². The van der Waals surface area contributed by atoms with Gasteiger partial charge in [0.1, 0.15) is 5.65 Å². The summed E-state index contributed by atoms with van der Waals surface area (Å²) >= 11 is 0. The van der Waals surface area contributed by atoms with Crippen LogP contribution in [0.5, 0.6) is 0 Å². The minimum absolute atomic E-state index is 0.00783. The van der Waals surface area contributed by atoms with Crippen molar-refractivity contribution in [3.05, 3.63) is 54.4 Å². The number of amides is 1. The molecule has 0 spiro atoms. The molecular formula is C19H21N3O. The maximum absolute atomic E-state index is 12.0. The second kappa shape index (κ2) is 5.54. The van der Waals surface area contributed by atoms with E-state index in [2.05, 4.69) is 29.5 Å². The van der Waals surface area contributed by atoms with Gasteiger partial charge in [-0.3, -0.25) is 4.79 Å². The second-order valence-corrected chi connectivity index (χ2v) is 6.88. The van der Waals surface area contributed by atoms with Crippen LogP contribution in [0.2, 0.25) is 0 Å². The maximum atomic E-state index is 12.0. The van der Waals surface area contributed by atoms with Crippen molar-refractivity contribution in [2.75, 3.05) is 5.32 Å². The summed E-state index contributed by atoms with van der Waals surface area (Å²) in [6.45, 7) is 7.76.